The first kappa shape index (κ1) is 21.2. The first-order valence-electron chi connectivity index (χ1n) is 9.64. The number of rotatable bonds is 13. The second-order valence-corrected chi connectivity index (χ2v) is 6.65. The zero-order valence-electron chi connectivity index (χ0n) is 15.8. The second kappa shape index (κ2) is 12.5. The van der Waals surface area contributed by atoms with Crippen LogP contribution in [0.5, 0.6) is 0 Å². The summed E-state index contributed by atoms with van der Waals surface area (Å²) in [5.74, 6) is -0.550. The highest BCUT2D eigenvalue weighted by Gasteiger charge is 2.11. The van der Waals surface area contributed by atoms with Crippen molar-refractivity contribution in [3.05, 3.63) is 35.4 Å². The zero-order valence-corrected chi connectivity index (χ0v) is 15.8. The van der Waals surface area contributed by atoms with Gasteiger partial charge in [0.05, 0.1) is 0 Å². The van der Waals surface area contributed by atoms with Crippen LogP contribution in [0, 0.1) is 0 Å². The van der Waals surface area contributed by atoms with E-state index in [0.29, 0.717) is 13.0 Å². The molecule has 0 atom stereocenters. The van der Waals surface area contributed by atoms with Crippen molar-refractivity contribution in [2.24, 2.45) is 0 Å². The van der Waals surface area contributed by atoms with Crippen LogP contribution >= 0.6 is 0 Å². The largest absolute Gasteiger partial charge is 0.481 e. The molecule has 0 aliphatic carbocycles. The number of carboxylic acid groups (broad SMARTS) is 1. The molecule has 0 saturated carbocycles. The van der Waals surface area contributed by atoms with Gasteiger partial charge in [0.1, 0.15) is 0 Å². The Balaban J connectivity index is 2.44. The number of carboxylic acids is 1. The molecule has 0 aliphatic heterocycles. The van der Waals surface area contributed by atoms with E-state index in [0.717, 1.165) is 38.6 Å². The van der Waals surface area contributed by atoms with Crippen LogP contribution in [0.15, 0.2) is 24.3 Å². The molecule has 1 N–H and O–H groups in total. The van der Waals surface area contributed by atoms with Gasteiger partial charge in [0.2, 0.25) is 5.91 Å². The molecule has 0 unspecified atom stereocenters. The van der Waals surface area contributed by atoms with Gasteiger partial charge in [-0.25, -0.2) is 0 Å². The van der Waals surface area contributed by atoms with Gasteiger partial charge in [-0.05, 0) is 36.8 Å². The number of aliphatic carboxylic acids is 1. The van der Waals surface area contributed by atoms with Crippen LogP contribution in [-0.2, 0) is 22.6 Å². The van der Waals surface area contributed by atoms with Gasteiger partial charge in [-0.2, -0.15) is 0 Å². The lowest BCUT2D eigenvalue weighted by Gasteiger charge is -2.22. The molecule has 0 radical (unpaired) electrons. The Bertz CT molecular complexity index is 510. The molecule has 0 fully saturated rings. The minimum Gasteiger partial charge on any atom is -0.481 e. The van der Waals surface area contributed by atoms with E-state index in [9.17, 15) is 9.59 Å². The van der Waals surface area contributed by atoms with Gasteiger partial charge in [-0.1, -0.05) is 57.4 Å². The molecular formula is C21H33NO3. The Morgan fingerprint density at radius 1 is 0.920 bits per heavy atom. The highest BCUT2D eigenvalue weighted by molar-refractivity contribution is 5.75. The molecule has 1 rings (SSSR count). The van der Waals surface area contributed by atoms with Gasteiger partial charge in [-0.15, -0.1) is 0 Å². The number of hydrogen-bond donors (Lipinski definition) is 1. The second-order valence-electron chi connectivity index (χ2n) is 6.65. The van der Waals surface area contributed by atoms with Crippen molar-refractivity contribution in [3.8, 4) is 0 Å². The first-order valence-corrected chi connectivity index (χ1v) is 9.64. The molecule has 0 heterocycles. The van der Waals surface area contributed by atoms with Crippen molar-refractivity contribution in [2.75, 3.05) is 6.54 Å². The monoisotopic (exact) mass is 347 g/mol. The van der Waals surface area contributed by atoms with Crippen LogP contribution in [0.4, 0.5) is 0 Å². The summed E-state index contributed by atoms with van der Waals surface area (Å²) >= 11 is 0. The summed E-state index contributed by atoms with van der Waals surface area (Å²) in [7, 11) is 0. The lowest BCUT2D eigenvalue weighted by molar-refractivity contribution is -0.137. The number of benzene rings is 1. The van der Waals surface area contributed by atoms with Crippen molar-refractivity contribution < 1.29 is 14.7 Å². The van der Waals surface area contributed by atoms with E-state index in [2.05, 4.69) is 31.2 Å². The van der Waals surface area contributed by atoms with E-state index >= 15 is 0 Å². The van der Waals surface area contributed by atoms with Crippen LogP contribution in [0.1, 0.15) is 76.3 Å². The number of carbonyl (C=O) groups excluding carboxylic acids is 1. The van der Waals surface area contributed by atoms with Crippen molar-refractivity contribution in [1.82, 2.24) is 4.90 Å². The summed E-state index contributed by atoms with van der Waals surface area (Å²) in [6.45, 7) is 5.51. The number of nitrogens with zero attached hydrogens (tertiary/aromatic N) is 1. The van der Waals surface area contributed by atoms with E-state index < -0.39 is 5.97 Å². The average molecular weight is 347 g/mol. The Morgan fingerprint density at radius 3 is 2.16 bits per heavy atom. The third-order valence-corrected chi connectivity index (χ3v) is 4.44. The quantitative estimate of drug-likeness (QED) is 0.521. The molecule has 0 aromatic heterocycles. The molecule has 1 amide bonds. The fraction of sp³-hybridized carbons (Fsp3) is 0.619. The molecule has 0 bridgehead atoms. The van der Waals surface area contributed by atoms with Crippen LogP contribution < -0.4 is 0 Å². The van der Waals surface area contributed by atoms with Crippen LogP contribution in [0.2, 0.25) is 0 Å². The van der Waals surface area contributed by atoms with E-state index in [1.165, 1.54) is 24.0 Å². The number of hydrogen-bond acceptors (Lipinski definition) is 2. The van der Waals surface area contributed by atoms with E-state index in [4.69, 9.17) is 5.11 Å². The molecule has 0 spiro atoms. The smallest absolute Gasteiger partial charge is 0.303 e. The summed E-state index contributed by atoms with van der Waals surface area (Å²) in [5, 5.41) is 8.64. The van der Waals surface area contributed by atoms with Gasteiger partial charge in [-0.3, -0.25) is 9.59 Å². The normalized spacial score (nSPS) is 10.6. The maximum Gasteiger partial charge on any atom is 0.303 e. The van der Waals surface area contributed by atoms with Crippen LogP contribution in [0.3, 0.4) is 0 Å². The van der Waals surface area contributed by atoms with E-state index in [1.807, 2.05) is 11.8 Å². The summed E-state index contributed by atoms with van der Waals surface area (Å²) in [4.78, 5) is 24.6. The van der Waals surface area contributed by atoms with Crippen LogP contribution in [-0.4, -0.2) is 28.4 Å². The van der Waals surface area contributed by atoms with Gasteiger partial charge in [0.15, 0.2) is 0 Å². The Labute approximate surface area is 152 Å². The highest BCUT2D eigenvalue weighted by Crippen LogP contribution is 2.12. The minimum atomic E-state index is -0.731. The Kier molecular flexibility index (Phi) is 10.6. The third kappa shape index (κ3) is 9.28. The maximum atomic E-state index is 12.2. The predicted octanol–water partition coefficient (Wildman–Crippen LogP) is 4.80. The van der Waals surface area contributed by atoms with Gasteiger partial charge in [0.25, 0.3) is 0 Å². The summed E-state index contributed by atoms with van der Waals surface area (Å²) in [5.41, 5.74) is 2.53. The standard InChI is InChI=1S/C21H33NO3/c1-3-5-10-18-12-14-19(15-13-18)17-22(20(23)4-2)16-9-7-6-8-11-21(24)25/h12-15H,3-11,16-17H2,1-2H3,(H,24,25). The Morgan fingerprint density at radius 2 is 1.56 bits per heavy atom. The summed E-state index contributed by atoms with van der Waals surface area (Å²) < 4.78 is 0. The Hall–Kier alpha value is -1.84. The molecule has 0 saturated heterocycles. The van der Waals surface area contributed by atoms with Crippen molar-refractivity contribution in [3.63, 3.8) is 0 Å². The first-order chi connectivity index (χ1) is 12.1. The fourth-order valence-corrected chi connectivity index (χ4v) is 2.86. The fourth-order valence-electron chi connectivity index (χ4n) is 2.86. The third-order valence-electron chi connectivity index (χ3n) is 4.44. The number of aryl methyl sites for hydroxylation is 1. The summed E-state index contributed by atoms with van der Waals surface area (Å²) in [6.07, 6.45) is 7.81. The lowest BCUT2D eigenvalue weighted by atomic mass is 10.1. The molecule has 4 nitrogen and oxygen atoms in total. The molecule has 1 aromatic carbocycles. The SMILES string of the molecule is CCCCc1ccc(CN(CCCCCCC(=O)O)C(=O)CC)cc1. The van der Waals surface area contributed by atoms with Gasteiger partial charge in [0, 0.05) is 25.9 Å². The molecule has 0 aliphatic rings. The maximum absolute atomic E-state index is 12.2. The van der Waals surface area contributed by atoms with Gasteiger partial charge < -0.3 is 10.0 Å². The molecule has 4 heteroatoms. The minimum absolute atomic E-state index is 0.181. The van der Waals surface area contributed by atoms with Crippen molar-refractivity contribution in [1.29, 1.82) is 0 Å². The van der Waals surface area contributed by atoms with E-state index in [-0.39, 0.29) is 12.3 Å². The molecular weight excluding hydrogens is 314 g/mol. The molecule has 140 valence electrons. The number of unbranched alkanes of at least 4 members (excludes halogenated alkanes) is 4. The molecule has 25 heavy (non-hydrogen) atoms. The lowest BCUT2D eigenvalue weighted by Crippen LogP contribution is -2.30. The topological polar surface area (TPSA) is 57.6 Å². The van der Waals surface area contributed by atoms with Crippen molar-refractivity contribution >= 4 is 11.9 Å². The van der Waals surface area contributed by atoms with E-state index in [1.54, 1.807) is 0 Å². The van der Waals surface area contributed by atoms with Crippen LogP contribution in [0.25, 0.3) is 0 Å². The number of carbonyl (C=O) groups is 2. The molecule has 1 aromatic rings. The average Bonchev–Trinajstić information content (AvgIpc) is 2.61. The summed E-state index contributed by atoms with van der Waals surface area (Å²) in [6, 6.07) is 8.61. The van der Waals surface area contributed by atoms with Gasteiger partial charge >= 0.3 is 5.97 Å². The predicted molar refractivity (Wildman–Crippen MR) is 101 cm³/mol. The zero-order chi connectivity index (χ0) is 18.5. The van der Waals surface area contributed by atoms with Crippen molar-refractivity contribution in [2.45, 2.75) is 78.2 Å². The number of amides is 1. The highest BCUT2D eigenvalue weighted by atomic mass is 16.4.